The molecule has 3 rings (SSSR count). The Bertz CT molecular complexity index is 564. The van der Waals surface area contributed by atoms with E-state index in [0.29, 0.717) is 0 Å². The molecule has 0 spiro atoms. The molecule has 1 aromatic carbocycles. The second kappa shape index (κ2) is 4.88. The third kappa shape index (κ3) is 2.30. The third-order valence-electron chi connectivity index (χ3n) is 3.37. The van der Waals surface area contributed by atoms with Gasteiger partial charge in [0.05, 0.1) is 4.70 Å². The van der Waals surface area contributed by atoms with Crippen LogP contribution < -0.4 is 0 Å². The molecule has 1 aliphatic heterocycles. The lowest BCUT2D eigenvalue weighted by Gasteiger charge is -2.13. The minimum Gasteiger partial charge on any atom is -0.302 e. The van der Waals surface area contributed by atoms with Gasteiger partial charge in [-0.25, -0.2) is 0 Å². The van der Waals surface area contributed by atoms with E-state index in [0.717, 1.165) is 17.7 Å². The van der Waals surface area contributed by atoms with Crippen LogP contribution in [-0.4, -0.2) is 28.5 Å². The quantitative estimate of drug-likeness (QED) is 0.784. The summed E-state index contributed by atoms with van der Waals surface area (Å²) in [5, 5.41) is 1.23. The van der Waals surface area contributed by atoms with Crippen LogP contribution in [0.1, 0.15) is 12.8 Å². The number of benzene rings is 1. The summed E-state index contributed by atoms with van der Waals surface area (Å²) in [5.74, 6) is 0. The highest BCUT2D eigenvalue weighted by Crippen LogP contribution is 2.22. The topological polar surface area (TPSA) is 8.17 Å². The van der Waals surface area contributed by atoms with Gasteiger partial charge in [0, 0.05) is 18.5 Å². The molecule has 0 radical (unpaired) electrons. The Morgan fingerprint density at radius 1 is 1.12 bits per heavy atom. The van der Waals surface area contributed by atoms with Gasteiger partial charge in [-0.3, -0.25) is 3.96 Å². The van der Waals surface area contributed by atoms with Gasteiger partial charge in [-0.15, -0.1) is 0 Å². The number of rotatable bonds is 3. The van der Waals surface area contributed by atoms with E-state index in [2.05, 4.69) is 33.1 Å². The van der Waals surface area contributed by atoms with Crippen molar-refractivity contribution in [3.8, 4) is 0 Å². The average molecular weight is 264 g/mol. The van der Waals surface area contributed by atoms with Gasteiger partial charge >= 0.3 is 0 Å². The lowest BCUT2D eigenvalue weighted by Crippen LogP contribution is -2.23. The molecule has 0 N–H and O–H groups in total. The van der Waals surface area contributed by atoms with E-state index in [-0.39, 0.29) is 0 Å². The number of hydrogen-bond acceptors (Lipinski definition) is 3. The van der Waals surface area contributed by atoms with Crippen LogP contribution in [-0.2, 0) is 6.54 Å². The van der Waals surface area contributed by atoms with Gasteiger partial charge in [0.15, 0.2) is 0 Å². The monoisotopic (exact) mass is 264 g/mol. The Balaban J connectivity index is 1.80. The van der Waals surface area contributed by atoms with Gasteiger partial charge in [-0.1, -0.05) is 41.9 Å². The maximum absolute atomic E-state index is 5.52. The fraction of sp³-hybridized carbons (Fsp3) is 0.462. The smallest absolute Gasteiger partial charge is 0.123 e. The molecule has 1 saturated heterocycles. The van der Waals surface area contributed by atoms with E-state index in [1.807, 2.05) is 0 Å². The summed E-state index contributed by atoms with van der Waals surface area (Å²) >= 11 is 7.32. The first-order chi connectivity index (χ1) is 8.34. The van der Waals surface area contributed by atoms with Crippen molar-refractivity contribution < 1.29 is 0 Å². The van der Waals surface area contributed by atoms with E-state index < -0.39 is 0 Å². The summed E-state index contributed by atoms with van der Waals surface area (Å²) in [6.45, 7) is 4.70. The molecule has 0 atom stereocenters. The molecule has 2 heterocycles. The van der Waals surface area contributed by atoms with Crippen molar-refractivity contribution >= 4 is 33.8 Å². The zero-order chi connectivity index (χ0) is 11.7. The van der Waals surface area contributed by atoms with Gasteiger partial charge in [0.25, 0.3) is 0 Å². The molecule has 0 aliphatic carbocycles. The molecule has 4 heteroatoms. The zero-order valence-corrected chi connectivity index (χ0v) is 11.4. The van der Waals surface area contributed by atoms with Crippen LogP contribution in [0.4, 0.5) is 0 Å². The van der Waals surface area contributed by atoms with E-state index in [1.54, 1.807) is 11.5 Å². The number of likely N-dealkylation sites (tertiary alicyclic amines) is 1. The second-order valence-electron chi connectivity index (χ2n) is 4.54. The molecule has 0 amide bonds. The van der Waals surface area contributed by atoms with Crippen LogP contribution in [0.5, 0.6) is 0 Å². The Kier molecular flexibility index (Phi) is 3.27. The first kappa shape index (κ1) is 11.4. The van der Waals surface area contributed by atoms with E-state index >= 15 is 0 Å². The van der Waals surface area contributed by atoms with Crippen molar-refractivity contribution in [1.29, 1.82) is 0 Å². The third-order valence-corrected chi connectivity index (χ3v) is 5.06. The van der Waals surface area contributed by atoms with Crippen molar-refractivity contribution in [3.63, 3.8) is 0 Å². The Hall–Kier alpha value is -0.710. The van der Waals surface area contributed by atoms with Crippen LogP contribution in [0.15, 0.2) is 24.3 Å². The summed E-state index contributed by atoms with van der Waals surface area (Å²) in [7, 11) is 0. The van der Waals surface area contributed by atoms with Gasteiger partial charge in [-0.05, 0) is 32.0 Å². The molecule has 1 aliphatic rings. The largest absolute Gasteiger partial charge is 0.302 e. The standard InChI is InChI=1S/C13H16N2S2/c16-13-11-5-1-2-6-12(11)17-15(13)10-9-14-7-3-4-8-14/h1-2,5-6H,3-4,7-10H2. The summed E-state index contributed by atoms with van der Waals surface area (Å²) in [6.07, 6.45) is 2.72. The van der Waals surface area contributed by atoms with Crippen molar-refractivity contribution in [1.82, 2.24) is 8.86 Å². The fourth-order valence-electron chi connectivity index (χ4n) is 2.40. The predicted octanol–water partition coefficient (Wildman–Crippen LogP) is 3.53. The number of aromatic nitrogens is 1. The van der Waals surface area contributed by atoms with Crippen LogP contribution >= 0.6 is 23.8 Å². The number of hydrogen-bond donors (Lipinski definition) is 0. The van der Waals surface area contributed by atoms with Crippen molar-refractivity contribution in [2.45, 2.75) is 19.4 Å². The van der Waals surface area contributed by atoms with E-state index in [1.165, 1.54) is 36.0 Å². The molecule has 0 unspecified atom stereocenters. The summed E-state index contributed by atoms with van der Waals surface area (Å²) in [6, 6.07) is 8.43. The van der Waals surface area contributed by atoms with Crippen LogP contribution in [0, 0.1) is 4.64 Å². The molecule has 1 aromatic heterocycles. The van der Waals surface area contributed by atoms with Crippen molar-refractivity contribution in [3.05, 3.63) is 28.9 Å². The Morgan fingerprint density at radius 3 is 2.65 bits per heavy atom. The van der Waals surface area contributed by atoms with Crippen LogP contribution in [0.3, 0.4) is 0 Å². The molecule has 0 bridgehead atoms. The van der Waals surface area contributed by atoms with E-state index in [4.69, 9.17) is 12.2 Å². The maximum Gasteiger partial charge on any atom is 0.123 e. The van der Waals surface area contributed by atoms with E-state index in [9.17, 15) is 0 Å². The lowest BCUT2D eigenvalue weighted by molar-refractivity contribution is 0.326. The average Bonchev–Trinajstić information content (AvgIpc) is 2.96. The highest BCUT2D eigenvalue weighted by Gasteiger charge is 2.11. The Morgan fingerprint density at radius 2 is 1.88 bits per heavy atom. The number of nitrogens with zero attached hydrogens (tertiary/aromatic N) is 2. The van der Waals surface area contributed by atoms with Gasteiger partial charge < -0.3 is 4.90 Å². The van der Waals surface area contributed by atoms with Crippen molar-refractivity contribution in [2.75, 3.05) is 19.6 Å². The first-order valence-electron chi connectivity index (χ1n) is 6.16. The minimum absolute atomic E-state index is 1.00. The molecule has 17 heavy (non-hydrogen) atoms. The first-order valence-corrected chi connectivity index (χ1v) is 7.34. The number of fused-ring (bicyclic) bond motifs is 1. The normalized spacial score (nSPS) is 16.9. The SMILES string of the molecule is S=c1c2ccccc2sn1CCN1CCCC1. The molecule has 2 aromatic rings. The van der Waals surface area contributed by atoms with Gasteiger partial charge in [-0.2, -0.15) is 0 Å². The summed E-state index contributed by atoms with van der Waals surface area (Å²) in [5.41, 5.74) is 0. The van der Waals surface area contributed by atoms with Gasteiger partial charge in [0.2, 0.25) is 0 Å². The molecule has 90 valence electrons. The molecular weight excluding hydrogens is 248 g/mol. The molecule has 2 nitrogen and oxygen atoms in total. The molecular formula is C13H16N2S2. The lowest BCUT2D eigenvalue weighted by atomic mass is 10.3. The molecule has 1 fully saturated rings. The zero-order valence-electron chi connectivity index (χ0n) is 9.76. The van der Waals surface area contributed by atoms with Gasteiger partial charge in [0.1, 0.15) is 4.64 Å². The minimum atomic E-state index is 1.00. The summed E-state index contributed by atoms with van der Waals surface area (Å²) < 4.78 is 4.57. The highest BCUT2D eigenvalue weighted by molar-refractivity contribution is 7.71. The second-order valence-corrected chi connectivity index (χ2v) is 5.99. The predicted molar refractivity (Wildman–Crippen MR) is 76.3 cm³/mol. The van der Waals surface area contributed by atoms with Crippen molar-refractivity contribution in [2.24, 2.45) is 0 Å². The maximum atomic E-state index is 5.52. The highest BCUT2D eigenvalue weighted by atomic mass is 32.1. The summed E-state index contributed by atoms with van der Waals surface area (Å²) in [4.78, 5) is 2.53. The van der Waals surface area contributed by atoms with Crippen LogP contribution in [0.25, 0.3) is 10.1 Å². The molecule has 0 saturated carbocycles. The van der Waals surface area contributed by atoms with Crippen LogP contribution in [0.2, 0.25) is 0 Å². The fourth-order valence-corrected chi connectivity index (χ4v) is 3.84. The Labute approximate surface area is 111 Å².